The molecule has 2 atom stereocenters. The van der Waals surface area contributed by atoms with Crippen molar-refractivity contribution in [3.63, 3.8) is 0 Å². The molecule has 0 radical (unpaired) electrons. The zero-order valence-electron chi connectivity index (χ0n) is 11.7. The van der Waals surface area contributed by atoms with E-state index in [2.05, 4.69) is 46.8 Å². The third kappa shape index (κ3) is 2.21. The van der Waals surface area contributed by atoms with Crippen LogP contribution in [0.15, 0.2) is 18.2 Å². The summed E-state index contributed by atoms with van der Waals surface area (Å²) in [5.41, 5.74) is 3.34. The maximum atomic E-state index is 9.23. The second kappa shape index (κ2) is 5.30. The van der Waals surface area contributed by atoms with E-state index in [1.807, 2.05) is 10.7 Å². The number of nitrogens with one attached hydrogen (secondary N) is 1. The molecule has 6 heteroatoms. The Balaban J connectivity index is 1.99. The van der Waals surface area contributed by atoms with Gasteiger partial charge in [-0.2, -0.15) is 4.68 Å². The molecule has 0 amide bonds. The monoisotopic (exact) mass is 273 g/mol. The summed E-state index contributed by atoms with van der Waals surface area (Å²) in [6.07, 6.45) is 1.89. The molecule has 2 N–H and O–H groups in total. The molecule has 2 heterocycles. The van der Waals surface area contributed by atoms with E-state index < -0.39 is 0 Å². The van der Waals surface area contributed by atoms with Crippen molar-refractivity contribution in [2.45, 2.75) is 38.8 Å². The number of hydrogen-bond acceptors (Lipinski definition) is 5. The molecular weight excluding hydrogens is 254 g/mol. The summed E-state index contributed by atoms with van der Waals surface area (Å²) in [5.74, 6) is 0.818. The van der Waals surface area contributed by atoms with Crippen molar-refractivity contribution in [3.8, 4) is 5.69 Å². The highest BCUT2D eigenvalue weighted by atomic mass is 16.3. The molecular formula is C14H19N5O. The highest BCUT2D eigenvalue weighted by Crippen LogP contribution is 2.27. The van der Waals surface area contributed by atoms with Gasteiger partial charge in [0.05, 0.1) is 18.3 Å². The number of benzene rings is 1. The maximum Gasteiger partial charge on any atom is 0.173 e. The lowest BCUT2D eigenvalue weighted by atomic mass is 10.1. The van der Waals surface area contributed by atoms with Crippen LogP contribution in [0.1, 0.15) is 35.8 Å². The standard InChI is InChI=1S/C14H19N5O/c1-9-4-3-5-10(2)13(9)19-14(16-17-18-19)12-7-6-11(8-20)15-12/h3-5,11-12,15,20H,6-8H2,1-2H3/t11-,12-/m0/s1. The first-order valence-electron chi connectivity index (χ1n) is 6.92. The van der Waals surface area contributed by atoms with E-state index in [1.165, 1.54) is 0 Å². The fourth-order valence-electron chi connectivity index (χ4n) is 2.88. The summed E-state index contributed by atoms with van der Waals surface area (Å²) in [6, 6.07) is 6.40. The van der Waals surface area contributed by atoms with Crippen molar-refractivity contribution in [3.05, 3.63) is 35.2 Å². The summed E-state index contributed by atoms with van der Waals surface area (Å²) in [4.78, 5) is 0. The van der Waals surface area contributed by atoms with Crippen LogP contribution >= 0.6 is 0 Å². The van der Waals surface area contributed by atoms with Crippen LogP contribution in [0.4, 0.5) is 0 Å². The van der Waals surface area contributed by atoms with Crippen LogP contribution in [-0.2, 0) is 0 Å². The fourth-order valence-corrected chi connectivity index (χ4v) is 2.88. The Kier molecular flexibility index (Phi) is 3.50. The molecule has 3 rings (SSSR count). The number of hydrogen-bond donors (Lipinski definition) is 2. The smallest absolute Gasteiger partial charge is 0.173 e. The Bertz CT molecular complexity index is 589. The average molecular weight is 273 g/mol. The molecule has 0 saturated carbocycles. The number of tetrazole rings is 1. The molecule has 6 nitrogen and oxygen atoms in total. The second-order valence-corrected chi connectivity index (χ2v) is 5.37. The summed E-state index contributed by atoms with van der Waals surface area (Å²) in [6.45, 7) is 4.28. The molecule has 20 heavy (non-hydrogen) atoms. The van der Waals surface area contributed by atoms with E-state index in [0.717, 1.165) is 35.5 Å². The average Bonchev–Trinajstić information content (AvgIpc) is 3.06. The molecule has 0 aliphatic carbocycles. The molecule has 0 bridgehead atoms. The molecule has 0 spiro atoms. The number of nitrogens with zero attached hydrogens (tertiary/aromatic N) is 4. The van der Waals surface area contributed by atoms with Gasteiger partial charge in [-0.3, -0.25) is 0 Å². The van der Waals surface area contributed by atoms with Gasteiger partial charge >= 0.3 is 0 Å². The molecule has 1 aliphatic rings. The molecule has 1 aliphatic heterocycles. The third-order valence-corrected chi connectivity index (χ3v) is 3.92. The zero-order chi connectivity index (χ0) is 14.1. The van der Waals surface area contributed by atoms with E-state index in [9.17, 15) is 5.11 Å². The van der Waals surface area contributed by atoms with E-state index in [0.29, 0.717) is 0 Å². The molecule has 0 unspecified atom stereocenters. The van der Waals surface area contributed by atoms with Gasteiger partial charge in [0.1, 0.15) is 0 Å². The zero-order valence-corrected chi connectivity index (χ0v) is 11.7. The van der Waals surface area contributed by atoms with Gasteiger partial charge in [-0.05, 0) is 48.2 Å². The van der Waals surface area contributed by atoms with Crippen molar-refractivity contribution < 1.29 is 5.11 Å². The number of rotatable bonds is 3. The predicted molar refractivity (Wildman–Crippen MR) is 74.6 cm³/mol. The van der Waals surface area contributed by atoms with E-state index >= 15 is 0 Å². The minimum absolute atomic E-state index is 0.0983. The van der Waals surface area contributed by atoms with Crippen LogP contribution in [0.5, 0.6) is 0 Å². The lowest BCUT2D eigenvalue weighted by Crippen LogP contribution is -2.28. The van der Waals surface area contributed by atoms with Gasteiger partial charge in [-0.25, -0.2) is 0 Å². The van der Waals surface area contributed by atoms with Crippen LogP contribution in [-0.4, -0.2) is 38.0 Å². The van der Waals surface area contributed by atoms with Crippen molar-refractivity contribution in [2.24, 2.45) is 0 Å². The van der Waals surface area contributed by atoms with Crippen LogP contribution in [0, 0.1) is 13.8 Å². The first-order valence-corrected chi connectivity index (χ1v) is 6.92. The summed E-state index contributed by atoms with van der Waals surface area (Å²) in [5, 5.41) is 24.8. The SMILES string of the molecule is Cc1cccc(C)c1-n1nnnc1[C@@H]1CC[C@@H](CO)N1. The fraction of sp³-hybridized carbons (Fsp3) is 0.500. The van der Waals surface area contributed by atoms with Gasteiger partial charge in [0.25, 0.3) is 0 Å². The highest BCUT2D eigenvalue weighted by molar-refractivity contribution is 5.46. The Morgan fingerprint density at radius 3 is 2.70 bits per heavy atom. The largest absolute Gasteiger partial charge is 0.395 e. The van der Waals surface area contributed by atoms with Gasteiger partial charge in [-0.15, -0.1) is 5.10 Å². The maximum absolute atomic E-state index is 9.23. The Hall–Kier alpha value is -1.79. The van der Waals surface area contributed by atoms with Gasteiger partial charge in [0.2, 0.25) is 0 Å². The van der Waals surface area contributed by atoms with Crippen molar-refractivity contribution in [2.75, 3.05) is 6.61 Å². The predicted octanol–water partition coefficient (Wildman–Crippen LogP) is 1.06. The Morgan fingerprint density at radius 1 is 1.30 bits per heavy atom. The normalized spacial score (nSPS) is 22.4. The first-order chi connectivity index (χ1) is 9.70. The molecule has 1 saturated heterocycles. The van der Waals surface area contributed by atoms with Crippen LogP contribution in [0.25, 0.3) is 5.69 Å². The molecule has 1 aromatic carbocycles. The van der Waals surface area contributed by atoms with Crippen molar-refractivity contribution in [1.82, 2.24) is 25.5 Å². The van der Waals surface area contributed by atoms with Gasteiger partial charge in [0.15, 0.2) is 5.82 Å². The number of aliphatic hydroxyl groups is 1. The van der Waals surface area contributed by atoms with Crippen molar-refractivity contribution in [1.29, 1.82) is 0 Å². The molecule has 1 fully saturated rings. The lowest BCUT2D eigenvalue weighted by Gasteiger charge is -2.15. The first kappa shape index (κ1) is 13.2. The highest BCUT2D eigenvalue weighted by Gasteiger charge is 2.29. The number of aromatic nitrogens is 4. The number of aliphatic hydroxyl groups excluding tert-OH is 1. The van der Waals surface area contributed by atoms with E-state index in [1.54, 1.807) is 0 Å². The Labute approximate surface area is 117 Å². The summed E-state index contributed by atoms with van der Waals surface area (Å²) >= 11 is 0. The molecule has 2 aromatic rings. The van der Waals surface area contributed by atoms with E-state index in [4.69, 9.17) is 0 Å². The van der Waals surface area contributed by atoms with Crippen LogP contribution in [0.3, 0.4) is 0 Å². The topological polar surface area (TPSA) is 75.9 Å². The minimum atomic E-state index is 0.0983. The summed E-state index contributed by atoms with van der Waals surface area (Å²) < 4.78 is 1.82. The van der Waals surface area contributed by atoms with E-state index in [-0.39, 0.29) is 18.7 Å². The quantitative estimate of drug-likeness (QED) is 0.874. The van der Waals surface area contributed by atoms with Crippen molar-refractivity contribution >= 4 is 0 Å². The van der Waals surface area contributed by atoms with Gasteiger partial charge in [0, 0.05) is 6.04 Å². The lowest BCUT2D eigenvalue weighted by molar-refractivity contribution is 0.251. The molecule has 1 aromatic heterocycles. The second-order valence-electron chi connectivity index (χ2n) is 5.37. The van der Waals surface area contributed by atoms with Crippen LogP contribution in [0.2, 0.25) is 0 Å². The summed E-state index contributed by atoms with van der Waals surface area (Å²) in [7, 11) is 0. The number of aryl methyl sites for hydroxylation is 2. The molecule has 106 valence electrons. The number of para-hydroxylation sites is 1. The van der Waals surface area contributed by atoms with Gasteiger partial charge < -0.3 is 10.4 Å². The third-order valence-electron chi connectivity index (χ3n) is 3.92. The van der Waals surface area contributed by atoms with Crippen LogP contribution < -0.4 is 5.32 Å². The van der Waals surface area contributed by atoms with Gasteiger partial charge in [-0.1, -0.05) is 18.2 Å². The minimum Gasteiger partial charge on any atom is -0.395 e. The Morgan fingerprint density at radius 2 is 2.05 bits per heavy atom.